The Morgan fingerprint density at radius 2 is 2.22 bits per heavy atom. The first-order valence-corrected chi connectivity index (χ1v) is 2.88. The lowest BCUT2D eigenvalue weighted by atomic mass is 10.3. The van der Waals surface area contributed by atoms with E-state index in [1.807, 2.05) is 0 Å². The topological polar surface area (TPSA) is 58.5 Å². The van der Waals surface area contributed by atoms with E-state index in [0.29, 0.717) is 19.5 Å². The van der Waals surface area contributed by atoms with E-state index in [1.54, 1.807) is 0 Å². The van der Waals surface area contributed by atoms with E-state index in [9.17, 15) is 9.70 Å². The maximum absolute atomic E-state index is 9.64. The predicted octanol–water partition coefficient (Wildman–Crippen LogP) is 0.279. The molecule has 1 amide bonds. The molecule has 0 radical (unpaired) electrons. The van der Waals surface area contributed by atoms with Crippen LogP contribution < -0.4 is 5.32 Å². The lowest BCUT2D eigenvalue weighted by Crippen LogP contribution is -2.11. The van der Waals surface area contributed by atoms with E-state index in [-0.39, 0.29) is 0 Å². The van der Waals surface area contributed by atoms with Crippen molar-refractivity contribution in [1.29, 1.82) is 0 Å². The van der Waals surface area contributed by atoms with Crippen molar-refractivity contribution < 1.29 is 4.79 Å². The molecule has 0 aromatic rings. The van der Waals surface area contributed by atoms with Crippen molar-refractivity contribution >= 4 is 6.41 Å². The van der Waals surface area contributed by atoms with Crippen molar-refractivity contribution in [2.45, 2.75) is 12.8 Å². The van der Waals surface area contributed by atoms with Gasteiger partial charge >= 0.3 is 0 Å². The molecule has 0 unspecified atom stereocenters. The summed E-state index contributed by atoms with van der Waals surface area (Å²) in [6.45, 7) is 0.986. The lowest BCUT2D eigenvalue weighted by Gasteiger charge is -1.93. The van der Waals surface area contributed by atoms with Crippen LogP contribution in [0.2, 0.25) is 0 Å². The van der Waals surface area contributed by atoms with Gasteiger partial charge < -0.3 is 5.32 Å². The van der Waals surface area contributed by atoms with Gasteiger partial charge in [-0.1, -0.05) is 5.18 Å². The molecule has 4 heteroatoms. The van der Waals surface area contributed by atoms with Crippen LogP contribution in [0.3, 0.4) is 0 Å². The summed E-state index contributed by atoms with van der Waals surface area (Å²) in [7, 11) is 0. The molecular weight excluding hydrogens is 120 g/mol. The molecule has 4 nitrogen and oxygen atoms in total. The third kappa shape index (κ3) is 7.07. The molecule has 0 spiro atoms. The number of hydrogen-bond donors (Lipinski definition) is 1. The van der Waals surface area contributed by atoms with Crippen LogP contribution in [0.25, 0.3) is 0 Å². The third-order valence-electron chi connectivity index (χ3n) is 0.904. The molecule has 0 fully saturated rings. The van der Waals surface area contributed by atoms with Crippen molar-refractivity contribution in [3.8, 4) is 0 Å². The zero-order chi connectivity index (χ0) is 6.95. The molecule has 0 aromatic heterocycles. The van der Waals surface area contributed by atoms with E-state index in [2.05, 4.69) is 10.5 Å². The van der Waals surface area contributed by atoms with Gasteiger partial charge in [0.2, 0.25) is 6.41 Å². The van der Waals surface area contributed by atoms with Gasteiger partial charge in [-0.2, -0.15) is 4.91 Å². The van der Waals surface area contributed by atoms with Crippen LogP contribution in [-0.4, -0.2) is 19.5 Å². The first-order chi connectivity index (χ1) is 4.41. The summed E-state index contributed by atoms with van der Waals surface area (Å²) in [5.41, 5.74) is 0. The molecule has 0 aromatic carbocycles. The molecule has 0 atom stereocenters. The first kappa shape index (κ1) is 8.07. The smallest absolute Gasteiger partial charge is 0.207 e. The van der Waals surface area contributed by atoms with Crippen LogP contribution in [0, 0.1) is 4.91 Å². The van der Waals surface area contributed by atoms with Crippen LogP contribution in [0.15, 0.2) is 5.18 Å². The molecule has 0 heterocycles. The van der Waals surface area contributed by atoms with Gasteiger partial charge in [0, 0.05) is 6.54 Å². The number of carbonyl (C=O) groups is 1. The predicted molar refractivity (Wildman–Crippen MR) is 34.0 cm³/mol. The maximum atomic E-state index is 9.64. The zero-order valence-corrected chi connectivity index (χ0v) is 5.17. The average molecular weight is 130 g/mol. The van der Waals surface area contributed by atoms with Crippen LogP contribution in [-0.2, 0) is 4.79 Å². The first-order valence-electron chi connectivity index (χ1n) is 2.88. The molecule has 0 saturated carbocycles. The minimum Gasteiger partial charge on any atom is -0.359 e. The number of nitrogens with one attached hydrogen (secondary N) is 1. The molecule has 0 bridgehead atoms. The van der Waals surface area contributed by atoms with Gasteiger partial charge in [0.25, 0.3) is 0 Å². The summed E-state index contributed by atoms with van der Waals surface area (Å²) in [5, 5.41) is 5.15. The highest BCUT2D eigenvalue weighted by Gasteiger charge is 1.84. The van der Waals surface area contributed by atoms with Crippen LogP contribution >= 0.6 is 0 Å². The number of carbonyl (C=O) groups excluding carboxylic acids is 1. The van der Waals surface area contributed by atoms with Gasteiger partial charge in [-0.3, -0.25) is 4.79 Å². The van der Waals surface area contributed by atoms with Gasteiger partial charge in [-0.25, -0.2) is 0 Å². The highest BCUT2D eigenvalue weighted by atomic mass is 16.3. The van der Waals surface area contributed by atoms with Crippen molar-refractivity contribution in [3.63, 3.8) is 0 Å². The Labute approximate surface area is 53.6 Å². The molecule has 0 saturated heterocycles. The zero-order valence-electron chi connectivity index (χ0n) is 5.17. The second-order valence-corrected chi connectivity index (χ2v) is 1.63. The highest BCUT2D eigenvalue weighted by Crippen LogP contribution is 1.85. The van der Waals surface area contributed by atoms with Crippen LogP contribution in [0.4, 0.5) is 0 Å². The quantitative estimate of drug-likeness (QED) is 0.319. The second kappa shape index (κ2) is 7.07. The number of unbranched alkanes of at least 4 members (excludes halogenated alkanes) is 1. The van der Waals surface area contributed by atoms with Gasteiger partial charge in [-0.15, -0.1) is 0 Å². The molecule has 0 aliphatic carbocycles. The summed E-state index contributed by atoms with van der Waals surface area (Å²) in [4.78, 5) is 19.1. The third-order valence-corrected chi connectivity index (χ3v) is 0.904. The SMILES string of the molecule is O=CNCCCCN=O. The molecule has 1 N–H and O–H groups in total. The average Bonchev–Trinajstić information content (AvgIpc) is 1.89. The summed E-state index contributed by atoms with van der Waals surface area (Å²) in [5.74, 6) is 0. The fourth-order valence-corrected chi connectivity index (χ4v) is 0.462. The van der Waals surface area contributed by atoms with Crippen molar-refractivity contribution in [2.24, 2.45) is 5.18 Å². The number of nitrogens with zero attached hydrogens (tertiary/aromatic N) is 1. The van der Waals surface area contributed by atoms with Crippen molar-refractivity contribution in [3.05, 3.63) is 4.91 Å². The van der Waals surface area contributed by atoms with Gasteiger partial charge in [-0.05, 0) is 12.8 Å². The molecule has 0 aliphatic heterocycles. The number of amides is 1. The normalized spacial score (nSPS) is 8.44. The van der Waals surface area contributed by atoms with E-state index in [4.69, 9.17) is 0 Å². The largest absolute Gasteiger partial charge is 0.359 e. The van der Waals surface area contributed by atoms with E-state index in [0.717, 1.165) is 12.8 Å². The number of hydrogen-bond acceptors (Lipinski definition) is 3. The van der Waals surface area contributed by atoms with E-state index >= 15 is 0 Å². The van der Waals surface area contributed by atoms with Crippen molar-refractivity contribution in [2.75, 3.05) is 13.1 Å². The molecule has 0 aliphatic rings. The van der Waals surface area contributed by atoms with Gasteiger partial charge in [0.1, 0.15) is 0 Å². The monoisotopic (exact) mass is 130 g/mol. The minimum absolute atomic E-state index is 0.348. The summed E-state index contributed by atoms with van der Waals surface area (Å²) >= 11 is 0. The Bertz CT molecular complexity index is 75.0. The Morgan fingerprint density at radius 3 is 2.78 bits per heavy atom. The Balaban J connectivity index is 2.74. The fraction of sp³-hybridized carbons (Fsp3) is 0.800. The van der Waals surface area contributed by atoms with Crippen LogP contribution in [0.1, 0.15) is 12.8 Å². The molecule has 0 rings (SSSR count). The molecule has 52 valence electrons. The molecular formula is C5H10N2O2. The standard InChI is InChI=1S/C5H10N2O2/c8-5-6-3-1-2-4-7-9/h5H,1-4H2,(H,6,8). The van der Waals surface area contributed by atoms with Gasteiger partial charge in [0.05, 0.1) is 6.54 Å². The van der Waals surface area contributed by atoms with E-state index in [1.165, 1.54) is 0 Å². The van der Waals surface area contributed by atoms with Gasteiger partial charge in [0.15, 0.2) is 0 Å². The highest BCUT2D eigenvalue weighted by molar-refractivity contribution is 5.45. The second-order valence-electron chi connectivity index (χ2n) is 1.63. The maximum Gasteiger partial charge on any atom is 0.207 e. The fourth-order valence-electron chi connectivity index (χ4n) is 0.462. The summed E-state index contributed by atoms with van der Waals surface area (Å²) in [6.07, 6.45) is 2.23. The number of rotatable bonds is 6. The Morgan fingerprint density at radius 1 is 1.44 bits per heavy atom. The summed E-state index contributed by atoms with van der Waals surface area (Å²) in [6, 6.07) is 0. The molecule has 9 heavy (non-hydrogen) atoms. The summed E-state index contributed by atoms with van der Waals surface area (Å²) < 4.78 is 0. The van der Waals surface area contributed by atoms with E-state index < -0.39 is 0 Å². The Kier molecular flexibility index (Phi) is 6.34. The van der Waals surface area contributed by atoms with Crippen molar-refractivity contribution in [1.82, 2.24) is 5.32 Å². The lowest BCUT2D eigenvalue weighted by molar-refractivity contribution is -0.109. The van der Waals surface area contributed by atoms with Crippen LogP contribution in [0.5, 0.6) is 0 Å². The Hall–Kier alpha value is -0.930. The number of nitroso groups, excluding NO2 is 1. The minimum atomic E-state index is 0.348.